The van der Waals surface area contributed by atoms with Gasteiger partial charge in [-0.05, 0) is 19.4 Å². The minimum Gasteiger partial charge on any atom is -0.327 e. The molecule has 21 heavy (non-hydrogen) atoms. The Hall–Kier alpha value is -2.70. The lowest BCUT2D eigenvalue weighted by atomic mass is 9.92. The summed E-state index contributed by atoms with van der Waals surface area (Å²) in [7, 11) is 1.57. The number of allylic oxidation sites excluding steroid dienone is 1. The molecule has 2 rings (SSSR count). The molecular weight excluding hydrogens is 274 g/mol. The number of hydrogen-bond donors (Lipinski definition) is 1. The fourth-order valence-corrected chi connectivity index (χ4v) is 2.36. The third kappa shape index (κ3) is 2.62. The molecule has 110 valence electrons. The van der Waals surface area contributed by atoms with E-state index in [1.165, 1.54) is 30.0 Å². The Kier molecular flexibility index (Phi) is 3.75. The summed E-state index contributed by atoms with van der Waals surface area (Å²) in [5.41, 5.74) is 1.40. The van der Waals surface area contributed by atoms with Crippen LogP contribution in [0, 0.1) is 10.1 Å². The number of non-ortho nitro benzene ring substituents is 1. The first-order valence-corrected chi connectivity index (χ1v) is 6.33. The van der Waals surface area contributed by atoms with Crippen LogP contribution in [0.15, 0.2) is 35.5 Å². The molecule has 0 fully saturated rings. The second-order valence-electron chi connectivity index (χ2n) is 4.85. The van der Waals surface area contributed by atoms with Gasteiger partial charge in [-0.25, -0.2) is 4.79 Å². The minimum atomic E-state index is -0.675. The average Bonchev–Trinajstić information content (AvgIpc) is 2.44. The third-order valence-electron chi connectivity index (χ3n) is 3.55. The molecule has 1 aromatic rings. The maximum absolute atomic E-state index is 11.9. The highest BCUT2D eigenvalue weighted by Gasteiger charge is 2.32. The van der Waals surface area contributed by atoms with Gasteiger partial charge in [-0.15, -0.1) is 0 Å². The van der Waals surface area contributed by atoms with E-state index >= 15 is 0 Å². The number of benzene rings is 1. The lowest BCUT2D eigenvalue weighted by Crippen LogP contribution is -2.45. The first-order chi connectivity index (χ1) is 9.82. The van der Waals surface area contributed by atoms with E-state index < -0.39 is 11.0 Å². The standard InChI is InChI=1S/C14H15N3O4/c1-8-12(9(2)18)13(15-14(19)16(8)3)10-5-4-6-11(7-10)17(20)21/h4-7,13H,1-3H3,(H,15,19)/t13-/m0/s1. The van der Waals surface area contributed by atoms with E-state index in [4.69, 9.17) is 0 Å². The molecule has 1 atom stereocenters. The number of Topliss-reactive ketones (excluding diaryl/α,β-unsaturated/α-hetero) is 1. The molecule has 0 unspecified atom stereocenters. The molecule has 1 aliphatic heterocycles. The molecule has 0 saturated carbocycles. The first kappa shape index (κ1) is 14.7. The summed E-state index contributed by atoms with van der Waals surface area (Å²) < 4.78 is 0. The minimum absolute atomic E-state index is 0.0822. The van der Waals surface area contributed by atoms with Crippen molar-refractivity contribution in [2.75, 3.05) is 7.05 Å². The number of carbonyl (C=O) groups is 2. The quantitative estimate of drug-likeness (QED) is 0.681. The van der Waals surface area contributed by atoms with E-state index in [-0.39, 0.29) is 17.5 Å². The van der Waals surface area contributed by atoms with Crippen molar-refractivity contribution < 1.29 is 14.5 Å². The fourth-order valence-electron chi connectivity index (χ4n) is 2.36. The van der Waals surface area contributed by atoms with Gasteiger partial charge in [-0.3, -0.25) is 14.9 Å². The zero-order chi connectivity index (χ0) is 15.7. The Morgan fingerprint density at radius 1 is 1.43 bits per heavy atom. The summed E-state index contributed by atoms with van der Waals surface area (Å²) in [6, 6.07) is 4.89. The molecule has 7 nitrogen and oxygen atoms in total. The van der Waals surface area contributed by atoms with Gasteiger partial charge in [0.05, 0.1) is 11.0 Å². The number of nitrogens with zero attached hydrogens (tertiary/aromatic N) is 2. The summed E-state index contributed by atoms with van der Waals surface area (Å²) in [6.45, 7) is 3.09. The largest absolute Gasteiger partial charge is 0.327 e. The number of carbonyl (C=O) groups excluding carboxylic acids is 2. The van der Waals surface area contributed by atoms with Crippen LogP contribution >= 0.6 is 0 Å². The van der Waals surface area contributed by atoms with Gasteiger partial charge in [0.2, 0.25) is 0 Å². The molecule has 0 spiro atoms. The van der Waals surface area contributed by atoms with Gasteiger partial charge in [0, 0.05) is 30.5 Å². The SMILES string of the molecule is CC(=O)C1=C(C)N(C)C(=O)N[C@H]1c1cccc([N+](=O)[O-])c1. The number of amides is 2. The molecular formula is C14H15N3O4. The molecule has 2 amide bonds. The predicted octanol–water partition coefficient (Wildman–Crippen LogP) is 2.15. The van der Waals surface area contributed by atoms with Crippen molar-refractivity contribution in [3.63, 3.8) is 0 Å². The Bertz CT molecular complexity index is 666. The van der Waals surface area contributed by atoms with Crippen LogP contribution in [0.2, 0.25) is 0 Å². The maximum atomic E-state index is 11.9. The Morgan fingerprint density at radius 3 is 2.67 bits per heavy atom. The highest BCUT2D eigenvalue weighted by Crippen LogP contribution is 2.31. The van der Waals surface area contributed by atoms with Gasteiger partial charge in [-0.1, -0.05) is 12.1 Å². The number of nitro groups is 1. The molecule has 0 bridgehead atoms. The van der Waals surface area contributed by atoms with Gasteiger partial charge in [0.25, 0.3) is 5.69 Å². The van der Waals surface area contributed by atoms with E-state index in [9.17, 15) is 19.7 Å². The lowest BCUT2D eigenvalue weighted by Gasteiger charge is -2.33. The zero-order valence-electron chi connectivity index (χ0n) is 11.9. The van der Waals surface area contributed by atoms with E-state index in [0.29, 0.717) is 16.8 Å². The second-order valence-corrected chi connectivity index (χ2v) is 4.85. The van der Waals surface area contributed by atoms with E-state index in [0.717, 1.165) is 0 Å². The van der Waals surface area contributed by atoms with Gasteiger partial charge < -0.3 is 10.2 Å². The van der Waals surface area contributed by atoms with Gasteiger partial charge in [-0.2, -0.15) is 0 Å². The number of urea groups is 1. The van der Waals surface area contributed by atoms with Gasteiger partial charge in [0.15, 0.2) is 5.78 Å². The van der Waals surface area contributed by atoms with Crippen molar-refractivity contribution in [3.8, 4) is 0 Å². The Labute approximate surface area is 121 Å². The van der Waals surface area contributed by atoms with E-state index in [2.05, 4.69) is 5.32 Å². The molecule has 1 N–H and O–H groups in total. The number of nitrogens with one attached hydrogen (secondary N) is 1. The summed E-state index contributed by atoms with van der Waals surface area (Å²) in [5, 5.41) is 13.6. The normalized spacial score (nSPS) is 18.5. The third-order valence-corrected chi connectivity index (χ3v) is 3.55. The summed E-state index contributed by atoms with van der Waals surface area (Å²) in [4.78, 5) is 35.5. The van der Waals surface area contributed by atoms with Gasteiger partial charge in [0.1, 0.15) is 0 Å². The number of nitro benzene ring substituents is 1. The zero-order valence-corrected chi connectivity index (χ0v) is 11.9. The van der Waals surface area contributed by atoms with Crippen LogP contribution in [0.3, 0.4) is 0 Å². The fraction of sp³-hybridized carbons (Fsp3) is 0.286. The topological polar surface area (TPSA) is 92.6 Å². The highest BCUT2D eigenvalue weighted by molar-refractivity contribution is 5.98. The van der Waals surface area contributed by atoms with Gasteiger partial charge >= 0.3 is 6.03 Å². The molecule has 0 radical (unpaired) electrons. The van der Waals surface area contributed by atoms with E-state index in [1.807, 2.05) is 0 Å². The number of ketones is 1. The molecule has 1 heterocycles. The van der Waals surface area contributed by atoms with E-state index in [1.54, 1.807) is 20.0 Å². The van der Waals surface area contributed by atoms with Crippen molar-refractivity contribution in [2.45, 2.75) is 19.9 Å². The molecule has 0 aromatic heterocycles. The summed E-state index contributed by atoms with van der Waals surface area (Å²) in [5.74, 6) is -0.184. The van der Waals surface area contributed by atoms with Crippen molar-refractivity contribution in [1.82, 2.24) is 10.2 Å². The summed E-state index contributed by atoms with van der Waals surface area (Å²) >= 11 is 0. The Morgan fingerprint density at radius 2 is 2.10 bits per heavy atom. The number of hydrogen-bond acceptors (Lipinski definition) is 4. The molecule has 0 saturated heterocycles. The lowest BCUT2D eigenvalue weighted by molar-refractivity contribution is -0.384. The first-order valence-electron chi connectivity index (χ1n) is 6.33. The van der Waals surface area contributed by atoms with Crippen molar-refractivity contribution in [2.24, 2.45) is 0 Å². The van der Waals surface area contributed by atoms with Crippen LogP contribution in [0.1, 0.15) is 25.5 Å². The molecule has 0 aliphatic carbocycles. The van der Waals surface area contributed by atoms with Crippen LogP contribution in [-0.2, 0) is 4.79 Å². The van der Waals surface area contributed by atoms with Crippen LogP contribution in [-0.4, -0.2) is 28.7 Å². The van der Waals surface area contributed by atoms with Crippen LogP contribution in [0.25, 0.3) is 0 Å². The van der Waals surface area contributed by atoms with Crippen molar-refractivity contribution in [1.29, 1.82) is 0 Å². The molecule has 7 heteroatoms. The van der Waals surface area contributed by atoms with Crippen LogP contribution < -0.4 is 5.32 Å². The Balaban J connectivity index is 2.56. The van der Waals surface area contributed by atoms with Crippen molar-refractivity contribution >= 4 is 17.5 Å². The number of rotatable bonds is 3. The smallest absolute Gasteiger partial charge is 0.322 e. The maximum Gasteiger partial charge on any atom is 0.322 e. The predicted molar refractivity (Wildman–Crippen MR) is 75.5 cm³/mol. The summed E-state index contributed by atoms with van der Waals surface area (Å²) in [6.07, 6.45) is 0. The second kappa shape index (κ2) is 5.35. The monoisotopic (exact) mass is 289 g/mol. The van der Waals surface area contributed by atoms with Crippen LogP contribution in [0.4, 0.5) is 10.5 Å². The molecule has 1 aromatic carbocycles. The highest BCUT2D eigenvalue weighted by atomic mass is 16.6. The van der Waals surface area contributed by atoms with Crippen LogP contribution in [0.5, 0.6) is 0 Å². The van der Waals surface area contributed by atoms with Crippen molar-refractivity contribution in [3.05, 3.63) is 51.2 Å². The average molecular weight is 289 g/mol. The molecule has 1 aliphatic rings.